The monoisotopic (exact) mass is 303 g/mol. The molecule has 0 aromatic heterocycles. The Labute approximate surface area is 132 Å². The maximum atomic E-state index is 12.3. The van der Waals surface area contributed by atoms with Gasteiger partial charge in [-0.3, -0.25) is 4.90 Å². The van der Waals surface area contributed by atoms with Crippen molar-refractivity contribution in [2.75, 3.05) is 20.2 Å². The van der Waals surface area contributed by atoms with E-state index in [-0.39, 0.29) is 6.09 Å². The van der Waals surface area contributed by atoms with Crippen LogP contribution < -0.4 is 4.74 Å². The van der Waals surface area contributed by atoms with E-state index >= 15 is 0 Å². The molecule has 1 amide bonds. The second kappa shape index (κ2) is 6.42. The van der Waals surface area contributed by atoms with Crippen LogP contribution in [-0.2, 0) is 4.74 Å². The van der Waals surface area contributed by atoms with Gasteiger partial charge >= 0.3 is 6.09 Å². The minimum Gasteiger partial charge on any atom is -0.497 e. The van der Waals surface area contributed by atoms with Crippen molar-refractivity contribution >= 4 is 11.7 Å². The first-order valence-corrected chi connectivity index (χ1v) is 7.67. The Morgan fingerprint density at radius 3 is 2.32 bits per heavy atom. The number of hydrogen-bond donors (Lipinski definition) is 0. The fraction of sp³-hybridized carbons (Fsp3) is 0.500. The fourth-order valence-electron chi connectivity index (χ4n) is 2.55. The highest BCUT2D eigenvalue weighted by molar-refractivity contribution is 5.79. The molecule has 0 radical (unpaired) electrons. The predicted octanol–water partition coefficient (Wildman–Crippen LogP) is 4.11. The first-order chi connectivity index (χ1) is 10.3. The first-order valence-electron chi connectivity index (χ1n) is 7.67. The summed E-state index contributed by atoms with van der Waals surface area (Å²) in [5, 5.41) is 0. The molecule has 1 aliphatic rings. The van der Waals surface area contributed by atoms with Crippen LogP contribution in [0.3, 0.4) is 0 Å². The molecule has 0 fully saturated rings. The molecule has 4 heteroatoms. The van der Waals surface area contributed by atoms with Crippen molar-refractivity contribution in [1.29, 1.82) is 0 Å². The standard InChI is InChI=1S/C18H25NO3/c1-6-13-11-19(17(20)22-18(2,3)4)12-16(13)14-7-9-15(21-5)10-8-14/h7-10H,6,11-12H2,1-5H3. The molecule has 0 N–H and O–H groups in total. The van der Waals surface area contributed by atoms with Crippen molar-refractivity contribution in [2.45, 2.75) is 39.7 Å². The van der Waals surface area contributed by atoms with Crippen LogP contribution in [0.2, 0.25) is 0 Å². The third kappa shape index (κ3) is 3.81. The Morgan fingerprint density at radius 2 is 1.82 bits per heavy atom. The maximum absolute atomic E-state index is 12.3. The molecule has 0 bridgehead atoms. The zero-order valence-electron chi connectivity index (χ0n) is 14.1. The van der Waals surface area contributed by atoms with E-state index in [9.17, 15) is 4.79 Å². The molecule has 0 spiro atoms. The van der Waals surface area contributed by atoms with Gasteiger partial charge in [-0.25, -0.2) is 4.79 Å². The molecule has 0 unspecified atom stereocenters. The lowest BCUT2D eigenvalue weighted by Gasteiger charge is -2.24. The van der Waals surface area contributed by atoms with Gasteiger partial charge in [-0.1, -0.05) is 19.1 Å². The van der Waals surface area contributed by atoms with Crippen molar-refractivity contribution in [3.8, 4) is 5.75 Å². The summed E-state index contributed by atoms with van der Waals surface area (Å²) in [5.41, 5.74) is 3.18. The van der Waals surface area contributed by atoms with Crippen molar-refractivity contribution in [3.05, 3.63) is 35.4 Å². The zero-order chi connectivity index (χ0) is 16.3. The van der Waals surface area contributed by atoms with Crippen molar-refractivity contribution < 1.29 is 14.3 Å². The normalized spacial score (nSPS) is 15.2. The predicted molar refractivity (Wildman–Crippen MR) is 88.0 cm³/mol. The van der Waals surface area contributed by atoms with E-state index < -0.39 is 5.60 Å². The van der Waals surface area contributed by atoms with E-state index in [4.69, 9.17) is 9.47 Å². The second-order valence-electron chi connectivity index (χ2n) is 6.50. The third-order valence-corrected chi connectivity index (χ3v) is 3.67. The minimum atomic E-state index is -0.466. The van der Waals surface area contributed by atoms with Gasteiger partial charge in [0.05, 0.1) is 7.11 Å². The summed E-state index contributed by atoms with van der Waals surface area (Å²) in [6, 6.07) is 7.99. The number of benzene rings is 1. The van der Waals surface area contributed by atoms with Gasteiger partial charge in [-0.2, -0.15) is 0 Å². The molecule has 1 aromatic rings. The molecule has 4 nitrogen and oxygen atoms in total. The molecule has 22 heavy (non-hydrogen) atoms. The van der Waals surface area contributed by atoms with E-state index in [1.165, 1.54) is 11.1 Å². The molecule has 0 aliphatic carbocycles. The van der Waals surface area contributed by atoms with E-state index in [1.54, 1.807) is 12.0 Å². The number of carbonyl (C=O) groups excluding carboxylic acids is 1. The number of ether oxygens (including phenoxy) is 2. The van der Waals surface area contributed by atoms with Crippen molar-refractivity contribution in [2.24, 2.45) is 0 Å². The van der Waals surface area contributed by atoms with Gasteiger partial charge < -0.3 is 9.47 Å². The smallest absolute Gasteiger partial charge is 0.410 e. The average Bonchev–Trinajstić information content (AvgIpc) is 2.90. The first kappa shape index (κ1) is 16.4. The van der Waals surface area contributed by atoms with Crippen LogP contribution in [0.15, 0.2) is 29.8 Å². The number of rotatable bonds is 3. The molecular formula is C18H25NO3. The molecule has 1 aliphatic heterocycles. The quantitative estimate of drug-likeness (QED) is 0.843. The highest BCUT2D eigenvalue weighted by atomic mass is 16.6. The maximum Gasteiger partial charge on any atom is 0.410 e. The molecule has 0 saturated carbocycles. The van der Waals surface area contributed by atoms with Gasteiger partial charge in [0.1, 0.15) is 11.4 Å². The molecule has 0 saturated heterocycles. The summed E-state index contributed by atoms with van der Waals surface area (Å²) >= 11 is 0. The Bertz CT molecular complexity index is 567. The van der Waals surface area contributed by atoms with Gasteiger partial charge in [0.25, 0.3) is 0 Å². The van der Waals surface area contributed by atoms with E-state index in [1.807, 2.05) is 45.0 Å². The van der Waals surface area contributed by atoms with Gasteiger partial charge in [0.2, 0.25) is 0 Å². The third-order valence-electron chi connectivity index (χ3n) is 3.67. The number of nitrogens with zero attached hydrogens (tertiary/aromatic N) is 1. The van der Waals surface area contributed by atoms with Crippen molar-refractivity contribution in [1.82, 2.24) is 4.90 Å². The number of methoxy groups -OCH3 is 1. The molecule has 2 rings (SSSR count). The number of carbonyl (C=O) groups is 1. The highest BCUT2D eigenvalue weighted by Crippen LogP contribution is 2.30. The SMILES string of the molecule is CCC1=C(c2ccc(OC)cc2)CN(C(=O)OC(C)(C)C)C1. The summed E-state index contributed by atoms with van der Waals surface area (Å²) in [5.74, 6) is 0.837. The summed E-state index contributed by atoms with van der Waals surface area (Å²) < 4.78 is 10.7. The lowest BCUT2D eigenvalue weighted by Crippen LogP contribution is -2.35. The van der Waals surface area contributed by atoms with Gasteiger partial charge in [-0.05, 0) is 56.0 Å². The van der Waals surface area contributed by atoms with E-state index in [0.29, 0.717) is 13.1 Å². The van der Waals surface area contributed by atoms with Crippen LogP contribution in [0.1, 0.15) is 39.7 Å². The van der Waals surface area contributed by atoms with Crippen LogP contribution in [0.25, 0.3) is 5.57 Å². The zero-order valence-corrected chi connectivity index (χ0v) is 14.1. The molecule has 0 atom stereocenters. The fourth-order valence-corrected chi connectivity index (χ4v) is 2.55. The summed E-state index contributed by atoms with van der Waals surface area (Å²) in [4.78, 5) is 14.0. The van der Waals surface area contributed by atoms with Crippen LogP contribution >= 0.6 is 0 Å². The van der Waals surface area contributed by atoms with Crippen LogP contribution in [0.4, 0.5) is 4.79 Å². The molecule has 120 valence electrons. The van der Waals surface area contributed by atoms with Gasteiger partial charge in [-0.15, -0.1) is 0 Å². The van der Waals surface area contributed by atoms with Crippen LogP contribution in [-0.4, -0.2) is 36.8 Å². The number of amides is 1. The Hall–Kier alpha value is -1.97. The Morgan fingerprint density at radius 1 is 1.18 bits per heavy atom. The van der Waals surface area contributed by atoms with E-state index in [0.717, 1.165) is 17.7 Å². The molecule has 1 heterocycles. The van der Waals surface area contributed by atoms with E-state index in [2.05, 4.69) is 6.92 Å². The minimum absolute atomic E-state index is 0.248. The largest absolute Gasteiger partial charge is 0.497 e. The number of hydrogen-bond acceptors (Lipinski definition) is 3. The molecular weight excluding hydrogens is 278 g/mol. The van der Waals surface area contributed by atoms with Gasteiger partial charge in [0, 0.05) is 13.1 Å². The van der Waals surface area contributed by atoms with Crippen LogP contribution in [0.5, 0.6) is 5.75 Å². The second-order valence-corrected chi connectivity index (χ2v) is 6.50. The average molecular weight is 303 g/mol. The molecule has 1 aromatic carbocycles. The summed E-state index contributed by atoms with van der Waals surface area (Å²) in [6.45, 7) is 9.03. The highest BCUT2D eigenvalue weighted by Gasteiger charge is 2.29. The summed E-state index contributed by atoms with van der Waals surface area (Å²) in [7, 11) is 1.66. The van der Waals surface area contributed by atoms with Crippen molar-refractivity contribution in [3.63, 3.8) is 0 Å². The lowest BCUT2D eigenvalue weighted by molar-refractivity contribution is 0.0303. The lowest BCUT2D eigenvalue weighted by atomic mass is 10.0. The Kier molecular flexibility index (Phi) is 4.79. The Balaban J connectivity index is 2.15. The van der Waals surface area contributed by atoms with Crippen LogP contribution in [0, 0.1) is 0 Å². The topological polar surface area (TPSA) is 38.8 Å². The summed E-state index contributed by atoms with van der Waals surface area (Å²) in [6.07, 6.45) is 0.683. The van der Waals surface area contributed by atoms with Gasteiger partial charge in [0.15, 0.2) is 0 Å².